The minimum Gasteiger partial charge on any atom is -0.0507 e. The predicted octanol–water partition coefficient (Wildman–Crippen LogP) is 7.32. The van der Waals surface area contributed by atoms with Crippen molar-refractivity contribution in [2.24, 2.45) is 0 Å². The molecule has 0 aliphatic carbocycles. The van der Waals surface area contributed by atoms with Gasteiger partial charge in [-0.1, -0.05) is 56.1 Å². The fourth-order valence-electron chi connectivity index (χ4n) is 3.93. The summed E-state index contributed by atoms with van der Waals surface area (Å²) in [6, 6.07) is 13.8. The van der Waals surface area contributed by atoms with Gasteiger partial charge in [-0.15, -0.1) is 0 Å². The van der Waals surface area contributed by atoms with Crippen molar-refractivity contribution < 1.29 is 0 Å². The highest BCUT2D eigenvalue weighted by Crippen LogP contribution is 2.47. The summed E-state index contributed by atoms with van der Waals surface area (Å²) in [5.41, 5.74) is 2.61. The van der Waals surface area contributed by atoms with Crippen molar-refractivity contribution in [1.29, 1.82) is 0 Å². The lowest BCUT2D eigenvalue weighted by molar-refractivity contribution is 1.53. The first kappa shape index (κ1) is 13.1. The molecule has 0 atom stereocenters. The van der Waals surface area contributed by atoms with Gasteiger partial charge in [-0.25, -0.2) is 0 Å². The standard InChI is InChI=1S/C20H12Br2/c1-9-3-11-13-7-18(22)16-6-10(2)4-12(20(13)16)14-8-17(21)15(5-9)19(11)14/h3-8H,1-2H3. The highest BCUT2D eigenvalue weighted by atomic mass is 79.9. The van der Waals surface area contributed by atoms with Crippen LogP contribution in [0.25, 0.3) is 43.1 Å². The van der Waals surface area contributed by atoms with Gasteiger partial charge in [0, 0.05) is 8.95 Å². The predicted molar refractivity (Wildman–Crippen MR) is 104 cm³/mol. The van der Waals surface area contributed by atoms with Gasteiger partial charge in [-0.3, -0.25) is 0 Å². The second-order valence-corrected chi connectivity index (χ2v) is 7.99. The summed E-state index contributed by atoms with van der Waals surface area (Å²) in [4.78, 5) is 0. The van der Waals surface area contributed by atoms with Crippen LogP contribution in [0.1, 0.15) is 11.1 Å². The Kier molecular flexibility index (Phi) is 2.45. The van der Waals surface area contributed by atoms with Crippen LogP contribution in [0.15, 0.2) is 45.3 Å². The zero-order valence-corrected chi connectivity index (χ0v) is 15.4. The number of benzene rings is 3. The smallest absolute Gasteiger partial charge is 0.0260 e. The fourth-order valence-corrected chi connectivity index (χ4v) is 5.02. The molecule has 2 heteroatoms. The maximum Gasteiger partial charge on any atom is 0.0260 e. The lowest BCUT2D eigenvalue weighted by Crippen LogP contribution is -1.82. The first-order valence-corrected chi connectivity index (χ1v) is 8.93. The van der Waals surface area contributed by atoms with Crippen LogP contribution in [0.2, 0.25) is 0 Å². The molecular weight excluding hydrogens is 400 g/mol. The minimum absolute atomic E-state index is 1.20. The number of rotatable bonds is 0. The van der Waals surface area contributed by atoms with Gasteiger partial charge >= 0.3 is 0 Å². The first-order valence-electron chi connectivity index (χ1n) is 7.34. The fraction of sp³-hybridized carbons (Fsp3) is 0.100. The molecule has 5 aromatic rings. The maximum atomic E-state index is 3.76. The third kappa shape index (κ3) is 1.47. The summed E-state index contributed by atoms with van der Waals surface area (Å²) in [5, 5.41) is 10.9. The van der Waals surface area contributed by atoms with Gasteiger partial charge in [0.25, 0.3) is 0 Å². The third-order valence-electron chi connectivity index (χ3n) is 4.74. The molecule has 0 aromatic heterocycles. The SMILES string of the molecule is Cc1cc2c(Br)cc3c4cc(C)cc5c(Br)cc(c(c1)c23)c54. The summed E-state index contributed by atoms with van der Waals surface area (Å²) < 4.78 is 2.39. The van der Waals surface area contributed by atoms with Crippen LogP contribution in [0.4, 0.5) is 0 Å². The number of hydrogen-bond donors (Lipinski definition) is 0. The third-order valence-corrected chi connectivity index (χ3v) is 6.05. The molecule has 5 aromatic carbocycles. The van der Waals surface area contributed by atoms with Crippen LogP contribution in [0.5, 0.6) is 0 Å². The Hall–Kier alpha value is -1.38. The number of hydrogen-bond acceptors (Lipinski definition) is 0. The van der Waals surface area contributed by atoms with Crippen LogP contribution in [0, 0.1) is 13.8 Å². The Bertz CT molecular complexity index is 1100. The highest BCUT2D eigenvalue weighted by Gasteiger charge is 2.18. The summed E-state index contributed by atoms with van der Waals surface area (Å²) >= 11 is 7.52. The normalized spacial score (nSPS) is 12.5. The van der Waals surface area contributed by atoms with E-state index in [1.165, 1.54) is 63.2 Å². The molecule has 0 saturated heterocycles. The molecule has 106 valence electrons. The molecule has 0 heterocycles. The molecule has 0 radical (unpaired) electrons. The molecule has 0 N–H and O–H groups in total. The number of halogens is 2. The quantitative estimate of drug-likeness (QED) is 0.234. The molecule has 0 saturated carbocycles. The van der Waals surface area contributed by atoms with Crippen LogP contribution in [-0.2, 0) is 0 Å². The van der Waals surface area contributed by atoms with Crippen molar-refractivity contribution in [3.8, 4) is 0 Å². The van der Waals surface area contributed by atoms with E-state index in [2.05, 4.69) is 82.1 Å². The van der Waals surface area contributed by atoms with Gasteiger partial charge in [0.1, 0.15) is 0 Å². The zero-order valence-electron chi connectivity index (χ0n) is 12.2. The Labute approximate surface area is 145 Å². The zero-order chi connectivity index (χ0) is 15.2. The molecular formula is C20H12Br2. The number of aryl methyl sites for hydroxylation is 2. The van der Waals surface area contributed by atoms with E-state index in [0.717, 1.165) is 0 Å². The molecule has 0 spiro atoms. The summed E-state index contributed by atoms with van der Waals surface area (Å²) in [6.45, 7) is 4.35. The van der Waals surface area contributed by atoms with E-state index in [1.807, 2.05) is 0 Å². The molecule has 22 heavy (non-hydrogen) atoms. The van der Waals surface area contributed by atoms with Gasteiger partial charge in [0.05, 0.1) is 0 Å². The van der Waals surface area contributed by atoms with Gasteiger partial charge in [0.15, 0.2) is 0 Å². The van der Waals surface area contributed by atoms with Crippen molar-refractivity contribution in [3.05, 3.63) is 56.5 Å². The van der Waals surface area contributed by atoms with E-state index in [9.17, 15) is 0 Å². The van der Waals surface area contributed by atoms with Crippen LogP contribution >= 0.6 is 31.9 Å². The van der Waals surface area contributed by atoms with Crippen LogP contribution < -0.4 is 0 Å². The minimum atomic E-state index is 1.20. The van der Waals surface area contributed by atoms with E-state index in [0.29, 0.717) is 0 Å². The van der Waals surface area contributed by atoms with E-state index in [-0.39, 0.29) is 0 Å². The molecule has 5 rings (SSSR count). The molecule has 0 unspecified atom stereocenters. The van der Waals surface area contributed by atoms with E-state index >= 15 is 0 Å². The molecule has 0 aliphatic rings. The highest BCUT2D eigenvalue weighted by molar-refractivity contribution is 9.11. The first-order chi connectivity index (χ1) is 10.5. The van der Waals surface area contributed by atoms with Crippen molar-refractivity contribution in [2.45, 2.75) is 13.8 Å². The molecule has 0 bridgehead atoms. The number of fused-ring (bicyclic) bond motifs is 2. The summed E-state index contributed by atoms with van der Waals surface area (Å²) in [7, 11) is 0. The second-order valence-electron chi connectivity index (χ2n) is 6.28. The molecule has 0 fully saturated rings. The molecule has 0 aliphatic heterocycles. The topological polar surface area (TPSA) is 0 Å². The van der Waals surface area contributed by atoms with Gasteiger partial charge < -0.3 is 0 Å². The Morgan fingerprint density at radius 3 is 1.23 bits per heavy atom. The van der Waals surface area contributed by atoms with E-state index < -0.39 is 0 Å². The average molecular weight is 412 g/mol. The van der Waals surface area contributed by atoms with Gasteiger partial charge in [0.2, 0.25) is 0 Å². The van der Waals surface area contributed by atoms with Crippen LogP contribution in [0.3, 0.4) is 0 Å². The average Bonchev–Trinajstić information content (AvgIpc) is 2.96. The Balaban J connectivity index is 2.27. The Morgan fingerprint density at radius 2 is 0.818 bits per heavy atom. The van der Waals surface area contributed by atoms with E-state index in [1.54, 1.807) is 0 Å². The van der Waals surface area contributed by atoms with Gasteiger partial charge in [-0.05, 0) is 80.2 Å². The lowest BCUT2D eigenvalue weighted by atomic mass is 9.94. The largest absolute Gasteiger partial charge is 0.0507 e. The molecule has 0 nitrogen and oxygen atoms in total. The Morgan fingerprint density at radius 1 is 0.500 bits per heavy atom. The summed E-state index contributed by atoms with van der Waals surface area (Å²) in [6.07, 6.45) is 0. The monoisotopic (exact) mass is 410 g/mol. The van der Waals surface area contributed by atoms with Crippen molar-refractivity contribution in [2.75, 3.05) is 0 Å². The second kappa shape index (κ2) is 4.12. The lowest BCUT2D eigenvalue weighted by Gasteiger charge is -2.09. The van der Waals surface area contributed by atoms with Crippen molar-refractivity contribution in [1.82, 2.24) is 0 Å². The van der Waals surface area contributed by atoms with Crippen LogP contribution in [-0.4, -0.2) is 0 Å². The van der Waals surface area contributed by atoms with Crippen molar-refractivity contribution in [3.63, 3.8) is 0 Å². The molecule has 0 amide bonds. The summed E-state index contributed by atoms with van der Waals surface area (Å²) in [5.74, 6) is 0. The maximum absolute atomic E-state index is 3.76. The van der Waals surface area contributed by atoms with Gasteiger partial charge in [-0.2, -0.15) is 0 Å². The van der Waals surface area contributed by atoms with E-state index in [4.69, 9.17) is 0 Å². The van der Waals surface area contributed by atoms with Crippen molar-refractivity contribution >= 4 is 74.9 Å².